The second kappa shape index (κ2) is 6.29. The van der Waals surface area contributed by atoms with Crippen LogP contribution in [0.2, 0.25) is 5.02 Å². The van der Waals surface area contributed by atoms with Gasteiger partial charge in [0.1, 0.15) is 5.75 Å². The van der Waals surface area contributed by atoms with E-state index in [1.165, 1.54) is 0 Å². The van der Waals surface area contributed by atoms with Crippen LogP contribution in [0.3, 0.4) is 0 Å². The van der Waals surface area contributed by atoms with E-state index in [4.69, 9.17) is 16.3 Å². The van der Waals surface area contributed by atoms with Crippen LogP contribution >= 0.6 is 11.6 Å². The van der Waals surface area contributed by atoms with E-state index in [-0.39, 0.29) is 0 Å². The van der Waals surface area contributed by atoms with Crippen molar-refractivity contribution >= 4 is 11.6 Å². The molecule has 0 fully saturated rings. The van der Waals surface area contributed by atoms with Crippen molar-refractivity contribution in [3.63, 3.8) is 0 Å². The number of aliphatic hydroxyl groups excluding tert-OH is 1. The van der Waals surface area contributed by atoms with Crippen molar-refractivity contribution in [2.24, 2.45) is 0 Å². The van der Waals surface area contributed by atoms with E-state index in [2.05, 4.69) is 0 Å². The number of aliphatic hydroxyl groups is 1. The smallest absolute Gasteiger partial charge is 0.127 e. The number of ether oxygens (including phenoxy) is 1. The fraction of sp³-hybridized carbons (Fsp3) is 0.294. The van der Waals surface area contributed by atoms with Crippen molar-refractivity contribution in [3.8, 4) is 5.75 Å². The lowest BCUT2D eigenvalue weighted by atomic mass is 9.96. The second-order valence-corrected chi connectivity index (χ2v) is 5.41. The highest BCUT2D eigenvalue weighted by Crippen LogP contribution is 2.32. The molecule has 0 aliphatic carbocycles. The standard InChI is InChI=1S/C17H19ClO2/c1-11-4-9-15(17(20-3)12(11)2)16(19)10-13-5-7-14(18)8-6-13/h4-9,16,19H,10H2,1-3H3. The van der Waals surface area contributed by atoms with Gasteiger partial charge in [0, 0.05) is 17.0 Å². The van der Waals surface area contributed by atoms with Crippen molar-refractivity contribution in [3.05, 3.63) is 63.7 Å². The molecule has 0 radical (unpaired) electrons. The van der Waals surface area contributed by atoms with Crippen molar-refractivity contribution < 1.29 is 9.84 Å². The van der Waals surface area contributed by atoms with E-state index < -0.39 is 6.10 Å². The van der Waals surface area contributed by atoms with Gasteiger partial charge in [-0.1, -0.05) is 35.9 Å². The van der Waals surface area contributed by atoms with Crippen molar-refractivity contribution in [2.75, 3.05) is 7.11 Å². The summed E-state index contributed by atoms with van der Waals surface area (Å²) in [6, 6.07) is 11.5. The van der Waals surface area contributed by atoms with Crippen LogP contribution in [0.5, 0.6) is 5.75 Å². The number of hydrogen-bond donors (Lipinski definition) is 1. The van der Waals surface area contributed by atoms with Crippen molar-refractivity contribution in [1.29, 1.82) is 0 Å². The van der Waals surface area contributed by atoms with Gasteiger partial charge in [-0.25, -0.2) is 0 Å². The zero-order valence-electron chi connectivity index (χ0n) is 12.0. The first-order valence-corrected chi connectivity index (χ1v) is 6.97. The third-order valence-corrected chi connectivity index (χ3v) is 3.86. The molecule has 0 aliphatic heterocycles. The van der Waals surface area contributed by atoms with Crippen molar-refractivity contribution in [1.82, 2.24) is 0 Å². The minimum Gasteiger partial charge on any atom is -0.496 e. The molecular formula is C17H19ClO2. The fourth-order valence-electron chi connectivity index (χ4n) is 2.30. The summed E-state index contributed by atoms with van der Waals surface area (Å²) in [4.78, 5) is 0. The lowest BCUT2D eigenvalue weighted by molar-refractivity contribution is 0.174. The topological polar surface area (TPSA) is 29.5 Å². The predicted octanol–water partition coefficient (Wildman–Crippen LogP) is 4.24. The van der Waals surface area contributed by atoms with E-state index in [0.29, 0.717) is 11.4 Å². The van der Waals surface area contributed by atoms with Gasteiger partial charge >= 0.3 is 0 Å². The molecule has 0 spiro atoms. The first-order valence-electron chi connectivity index (χ1n) is 6.59. The Morgan fingerprint density at radius 3 is 2.35 bits per heavy atom. The number of benzene rings is 2. The molecule has 0 saturated carbocycles. The Hall–Kier alpha value is -1.51. The number of hydrogen-bond acceptors (Lipinski definition) is 2. The molecule has 2 aromatic carbocycles. The summed E-state index contributed by atoms with van der Waals surface area (Å²) < 4.78 is 5.45. The molecule has 0 aliphatic rings. The molecule has 2 nitrogen and oxygen atoms in total. The third-order valence-electron chi connectivity index (χ3n) is 3.61. The van der Waals surface area contributed by atoms with Crippen LogP contribution in [-0.2, 0) is 6.42 Å². The number of methoxy groups -OCH3 is 1. The second-order valence-electron chi connectivity index (χ2n) is 4.98. The molecule has 0 bridgehead atoms. The molecule has 0 aromatic heterocycles. The Kier molecular flexibility index (Phi) is 4.69. The average Bonchev–Trinajstić information content (AvgIpc) is 2.44. The summed E-state index contributed by atoms with van der Waals surface area (Å²) in [6.45, 7) is 4.04. The molecule has 1 unspecified atom stereocenters. The minimum atomic E-state index is -0.592. The number of rotatable bonds is 4. The SMILES string of the molecule is COc1c(C(O)Cc2ccc(Cl)cc2)ccc(C)c1C. The van der Waals surface area contributed by atoms with Crippen LogP contribution in [0.4, 0.5) is 0 Å². The Morgan fingerprint density at radius 2 is 1.75 bits per heavy atom. The van der Waals surface area contributed by atoms with E-state index >= 15 is 0 Å². The molecule has 0 amide bonds. The largest absolute Gasteiger partial charge is 0.496 e. The van der Waals surface area contributed by atoms with Gasteiger partial charge in [-0.2, -0.15) is 0 Å². The molecular weight excluding hydrogens is 272 g/mol. The number of aryl methyl sites for hydroxylation is 1. The summed E-state index contributed by atoms with van der Waals surface area (Å²) >= 11 is 5.87. The van der Waals surface area contributed by atoms with Crippen LogP contribution < -0.4 is 4.74 Å². The molecule has 0 saturated heterocycles. The lowest BCUT2D eigenvalue weighted by Gasteiger charge is -2.18. The highest BCUT2D eigenvalue weighted by atomic mass is 35.5. The molecule has 1 N–H and O–H groups in total. The Labute approximate surface area is 125 Å². The molecule has 106 valence electrons. The number of halogens is 1. The van der Waals surface area contributed by atoms with Gasteiger partial charge in [0.05, 0.1) is 13.2 Å². The molecule has 0 heterocycles. The van der Waals surface area contributed by atoms with E-state index in [1.807, 2.05) is 50.2 Å². The minimum absolute atomic E-state index is 0.538. The molecule has 2 aromatic rings. The van der Waals surface area contributed by atoms with Crippen LogP contribution in [0.1, 0.15) is 28.4 Å². The molecule has 20 heavy (non-hydrogen) atoms. The molecule has 2 rings (SSSR count). The third kappa shape index (κ3) is 3.14. The van der Waals surface area contributed by atoms with Gasteiger partial charge in [-0.15, -0.1) is 0 Å². The Balaban J connectivity index is 2.27. The molecule has 1 atom stereocenters. The van der Waals surface area contributed by atoms with Gasteiger partial charge < -0.3 is 9.84 Å². The van der Waals surface area contributed by atoms with E-state index in [9.17, 15) is 5.11 Å². The highest BCUT2D eigenvalue weighted by molar-refractivity contribution is 6.30. The summed E-state index contributed by atoms with van der Waals surface area (Å²) in [5.74, 6) is 0.770. The maximum absolute atomic E-state index is 10.5. The Bertz CT molecular complexity index is 591. The first kappa shape index (κ1) is 14.9. The highest BCUT2D eigenvalue weighted by Gasteiger charge is 2.16. The monoisotopic (exact) mass is 290 g/mol. The van der Waals surface area contributed by atoms with E-state index in [0.717, 1.165) is 28.0 Å². The van der Waals surface area contributed by atoms with Crippen LogP contribution in [0.25, 0.3) is 0 Å². The van der Waals surface area contributed by atoms with Gasteiger partial charge in [-0.05, 0) is 42.7 Å². The summed E-state index contributed by atoms with van der Waals surface area (Å²) in [7, 11) is 1.64. The maximum atomic E-state index is 10.5. The molecule has 3 heteroatoms. The maximum Gasteiger partial charge on any atom is 0.127 e. The van der Waals surface area contributed by atoms with Crippen molar-refractivity contribution in [2.45, 2.75) is 26.4 Å². The lowest BCUT2D eigenvalue weighted by Crippen LogP contribution is -2.06. The zero-order valence-corrected chi connectivity index (χ0v) is 12.7. The van der Waals surface area contributed by atoms with E-state index in [1.54, 1.807) is 7.11 Å². The van der Waals surface area contributed by atoms with Crippen LogP contribution in [0.15, 0.2) is 36.4 Å². The summed E-state index contributed by atoms with van der Waals surface area (Å²) in [6.07, 6.45) is -0.0545. The summed E-state index contributed by atoms with van der Waals surface area (Å²) in [5.41, 5.74) is 4.09. The van der Waals surface area contributed by atoms with Crippen LogP contribution in [-0.4, -0.2) is 12.2 Å². The van der Waals surface area contributed by atoms with Gasteiger partial charge in [0.25, 0.3) is 0 Å². The Morgan fingerprint density at radius 1 is 1.10 bits per heavy atom. The predicted molar refractivity (Wildman–Crippen MR) is 82.6 cm³/mol. The summed E-state index contributed by atoms with van der Waals surface area (Å²) in [5, 5.41) is 11.2. The fourth-order valence-corrected chi connectivity index (χ4v) is 2.42. The zero-order chi connectivity index (χ0) is 14.7. The quantitative estimate of drug-likeness (QED) is 0.912. The first-order chi connectivity index (χ1) is 9.52. The normalized spacial score (nSPS) is 12.2. The van der Waals surface area contributed by atoms with Crippen LogP contribution in [0, 0.1) is 13.8 Å². The van der Waals surface area contributed by atoms with Gasteiger partial charge in [-0.3, -0.25) is 0 Å². The van der Waals surface area contributed by atoms with Gasteiger partial charge in [0.15, 0.2) is 0 Å². The van der Waals surface area contributed by atoms with Gasteiger partial charge in [0.2, 0.25) is 0 Å². The average molecular weight is 291 g/mol.